The van der Waals surface area contributed by atoms with Gasteiger partial charge in [0.1, 0.15) is 5.76 Å². The Balaban J connectivity index is 4.02. The maximum Gasteiger partial charge on any atom is 0.330 e. The number of hydrogen-bond acceptors (Lipinski definition) is 4. The van der Waals surface area contributed by atoms with Gasteiger partial charge in [-0.15, -0.1) is 0 Å². The van der Waals surface area contributed by atoms with Gasteiger partial charge in [-0.05, 0) is 36.1 Å². The molecule has 0 spiro atoms. The highest BCUT2D eigenvalue weighted by Crippen LogP contribution is 2.11. The van der Waals surface area contributed by atoms with E-state index in [1.54, 1.807) is 24.3 Å². The predicted molar refractivity (Wildman–Crippen MR) is 96.8 cm³/mol. The van der Waals surface area contributed by atoms with Gasteiger partial charge in [0, 0.05) is 11.6 Å². The normalized spacial score (nSPS) is 10.1. The maximum atomic E-state index is 10.8. The third-order valence-corrected chi connectivity index (χ3v) is 2.75. The molecule has 4 nitrogen and oxygen atoms in total. The lowest BCUT2D eigenvalue weighted by atomic mass is 10.1. The fourth-order valence-electron chi connectivity index (χ4n) is 1.33. The van der Waals surface area contributed by atoms with Gasteiger partial charge in [0.15, 0.2) is 0 Å². The largest absolute Gasteiger partial charge is 0.494 e. The van der Waals surface area contributed by atoms with Gasteiger partial charge in [0.25, 0.3) is 0 Å². The lowest BCUT2D eigenvalue weighted by Crippen LogP contribution is -2.03. The molecule has 0 fully saturated rings. The van der Waals surface area contributed by atoms with E-state index in [2.05, 4.69) is 32.9 Å². The molecule has 126 valence electrons. The van der Waals surface area contributed by atoms with Crippen LogP contribution < -0.4 is 0 Å². The van der Waals surface area contributed by atoms with Crippen molar-refractivity contribution >= 4 is 5.97 Å². The molecule has 0 bridgehead atoms. The van der Waals surface area contributed by atoms with Crippen molar-refractivity contribution in [2.24, 2.45) is 0 Å². The smallest absolute Gasteiger partial charge is 0.330 e. The van der Waals surface area contributed by atoms with Crippen molar-refractivity contribution in [2.45, 2.75) is 12.8 Å². The third-order valence-electron chi connectivity index (χ3n) is 2.75. The van der Waals surface area contributed by atoms with Crippen LogP contribution in [0.3, 0.4) is 0 Å². The highest BCUT2D eigenvalue weighted by atomic mass is 16.5. The van der Waals surface area contributed by atoms with Crippen LogP contribution in [0, 0.1) is 11.3 Å². The summed E-state index contributed by atoms with van der Waals surface area (Å²) in [6.45, 7) is 19.2. The van der Waals surface area contributed by atoms with Gasteiger partial charge >= 0.3 is 5.97 Å². The van der Waals surface area contributed by atoms with Crippen LogP contribution in [0.4, 0.5) is 0 Å². The molecule has 0 aromatic rings. The summed E-state index contributed by atoms with van der Waals surface area (Å²) in [7, 11) is 0. The van der Waals surface area contributed by atoms with Crippen LogP contribution in [0.1, 0.15) is 12.8 Å². The van der Waals surface area contributed by atoms with Crippen molar-refractivity contribution < 1.29 is 14.3 Å². The van der Waals surface area contributed by atoms with E-state index in [-0.39, 0.29) is 0 Å². The molecule has 24 heavy (non-hydrogen) atoms. The van der Waals surface area contributed by atoms with Crippen molar-refractivity contribution in [3.63, 3.8) is 0 Å². The van der Waals surface area contributed by atoms with E-state index in [4.69, 9.17) is 14.7 Å². The van der Waals surface area contributed by atoms with Gasteiger partial charge in [-0.3, -0.25) is 0 Å². The minimum Gasteiger partial charge on any atom is -0.494 e. The molecule has 4 heteroatoms. The predicted octanol–water partition coefficient (Wildman–Crippen LogP) is 4.33. The highest BCUT2D eigenvalue weighted by molar-refractivity contribution is 5.81. The zero-order valence-electron chi connectivity index (χ0n) is 13.9. The first kappa shape index (κ1) is 20.9. The van der Waals surface area contributed by atoms with Crippen LogP contribution in [-0.2, 0) is 14.3 Å². The summed E-state index contributed by atoms with van der Waals surface area (Å²) in [4.78, 5) is 10.8. The van der Waals surface area contributed by atoms with Crippen molar-refractivity contribution in [1.29, 1.82) is 5.26 Å². The van der Waals surface area contributed by atoms with Crippen LogP contribution in [0.2, 0.25) is 0 Å². The Bertz CT molecular complexity index is 615. The van der Waals surface area contributed by atoms with E-state index in [1.165, 1.54) is 0 Å². The Morgan fingerprint density at radius 1 is 0.917 bits per heavy atom. The molecule has 0 aliphatic heterocycles. The molecular weight excluding hydrogens is 302 g/mol. The summed E-state index contributed by atoms with van der Waals surface area (Å²) in [6, 6.07) is 1.92. The highest BCUT2D eigenvalue weighted by Gasteiger charge is 1.97. The second kappa shape index (κ2) is 12.5. The molecule has 0 unspecified atom stereocenters. The third kappa shape index (κ3) is 10.6. The number of rotatable bonds is 12. The van der Waals surface area contributed by atoms with Crippen LogP contribution in [-0.4, -0.2) is 19.2 Å². The Hall–Kier alpha value is -3.06. The Morgan fingerprint density at radius 2 is 1.46 bits per heavy atom. The summed E-state index contributed by atoms with van der Waals surface area (Å²) < 4.78 is 10.3. The number of carbonyl (C=O) groups excluding carboxylic acids is 1. The second-order valence-electron chi connectivity index (χ2n) is 4.75. The van der Waals surface area contributed by atoms with Gasteiger partial charge < -0.3 is 9.47 Å². The zero-order valence-corrected chi connectivity index (χ0v) is 13.9. The van der Waals surface area contributed by atoms with Crippen LogP contribution in [0.15, 0.2) is 85.8 Å². The van der Waals surface area contributed by atoms with Crippen LogP contribution in [0.5, 0.6) is 0 Å². The van der Waals surface area contributed by atoms with E-state index < -0.39 is 5.97 Å². The first-order valence-corrected chi connectivity index (χ1v) is 7.35. The van der Waals surface area contributed by atoms with Crippen LogP contribution in [0.25, 0.3) is 0 Å². The van der Waals surface area contributed by atoms with E-state index in [9.17, 15) is 4.79 Å². The first-order valence-electron chi connectivity index (χ1n) is 7.35. The Morgan fingerprint density at radius 3 is 2.00 bits per heavy atom. The van der Waals surface area contributed by atoms with E-state index in [1.807, 2.05) is 6.07 Å². The fraction of sp³-hybridized carbons (Fsp3) is 0.200. The summed E-state index contributed by atoms with van der Waals surface area (Å²) in [5, 5.41) is 8.61. The summed E-state index contributed by atoms with van der Waals surface area (Å²) >= 11 is 0. The molecule has 0 heterocycles. The molecule has 0 saturated heterocycles. The monoisotopic (exact) mass is 325 g/mol. The van der Waals surface area contributed by atoms with E-state index in [0.717, 1.165) is 12.5 Å². The molecule has 0 rings (SSSR count). The molecule has 0 N–H and O–H groups in total. The molecular formula is C20H23NO3. The number of hydrogen-bond donors (Lipinski definition) is 0. The van der Waals surface area contributed by atoms with Gasteiger partial charge in [-0.25, -0.2) is 4.79 Å². The molecule has 0 amide bonds. The Kier molecular flexibility index (Phi) is 10.9. The van der Waals surface area contributed by atoms with Crippen molar-refractivity contribution in [1.82, 2.24) is 0 Å². The molecule has 0 aliphatic rings. The molecule has 0 radical (unpaired) electrons. The van der Waals surface area contributed by atoms with Crippen molar-refractivity contribution in [3.05, 3.63) is 85.8 Å². The van der Waals surface area contributed by atoms with Gasteiger partial charge in [-0.2, -0.15) is 5.26 Å². The molecule has 0 aromatic carbocycles. The standard InChI is InChI=1S/C20H23NO3/c1-6-20(22)24-14-8-7-13-23-19(5)12-11-18(4)17(3)10-9-16(2)15-21/h6,9-12H,1-5,7-8,13-14H2/b10-9-,12-11-. The van der Waals surface area contributed by atoms with Crippen molar-refractivity contribution in [3.8, 4) is 6.07 Å². The number of allylic oxidation sites excluding steroid dienone is 7. The Labute approximate surface area is 144 Å². The average Bonchev–Trinajstić information content (AvgIpc) is 2.59. The molecule has 0 saturated carbocycles. The quantitative estimate of drug-likeness (QED) is 0.134. The van der Waals surface area contributed by atoms with E-state index in [0.29, 0.717) is 42.1 Å². The van der Waals surface area contributed by atoms with Crippen LogP contribution >= 0.6 is 0 Å². The fourth-order valence-corrected chi connectivity index (χ4v) is 1.33. The summed E-state index contributed by atoms with van der Waals surface area (Å²) in [5.41, 5.74) is 1.69. The minimum atomic E-state index is -0.422. The SMILES string of the molecule is C=CC(=O)OCCCCOC(=C)/C=C\C(=C)C(=C)/C=C\C(=C)C#N. The lowest BCUT2D eigenvalue weighted by molar-refractivity contribution is -0.137. The number of nitrogens with zero attached hydrogens (tertiary/aromatic N) is 1. The first-order chi connectivity index (χ1) is 11.4. The van der Waals surface area contributed by atoms with Gasteiger partial charge in [0.05, 0.1) is 19.3 Å². The maximum absolute atomic E-state index is 10.8. The molecule has 0 aromatic heterocycles. The van der Waals surface area contributed by atoms with Gasteiger partial charge in [-0.1, -0.05) is 45.0 Å². The number of nitriles is 1. The van der Waals surface area contributed by atoms with Gasteiger partial charge in [0.2, 0.25) is 0 Å². The minimum absolute atomic E-state index is 0.341. The summed E-state index contributed by atoms with van der Waals surface area (Å²) in [6.07, 6.45) is 9.25. The van der Waals surface area contributed by atoms with E-state index >= 15 is 0 Å². The molecule has 0 aliphatic carbocycles. The lowest BCUT2D eigenvalue weighted by Gasteiger charge is -2.06. The number of carbonyl (C=O) groups is 1. The van der Waals surface area contributed by atoms with Crippen molar-refractivity contribution in [2.75, 3.05) is 13.2 Å². The molecule has 0 atom stereocenters. The number of unbranched alkanes of at least 4 members (excludes halogenated alkanes) is 1. The summed E-state index contributed by atoms with van der Waals surface area (Å²) in [5.74, 6) is 0.0758. The topological polar surface area (TPSA) is 59.3 Å². The zero-order chi connectivity index (χ0) is 18.4. The number of ether oxygens (including phenoxy) is 2. The number of esters is 1. The second-order valence-corrected chi connectivity index (χ2v) is 4.75. The average molecular weight is 325 g/mol.